The highest BCUT2D eigenvalue weighted by atomic mass is 16.5. The zero-order valence-corrected chi connectivity index (χ0v) is 10.7. The summed E-state index contributed by atoms with van der Waals surface area (Å²) in [4.78, 5) is 12.1. The van der Waals surface area contributed by atoms with Gasteiger partial charge < -0.3 is 20.2 Å². The number of nitrogens with two attached hydrogens (primary N) is 1. The number of benzene rings is 1. The van der Waals surface area contributed by atoms with E-state index >= 15 is 0 Å². The van der Waals surface area contributed by atoms with Crippen molar-refractivity contribution in [3.63, 3.8) is 0 Å². The molecule has 1 aliphatic rings. The summed E-state index contributed by atoms with van der Waals surface area (Å²) in [6.07, 6.45) is 1.26. The lowest BCUT2D eigenvalue weighted by Gasteiger charge is -2.13. The van der Waals surface area contributed by atoms with Crippen LogP contribution in [0.4, 0.5) is 5.69 Å². The van der Waals surface area contributed by atoms with Crippen molar-refractivity contribution < 1.29 is 13.9 Å². The molecule has 2 heterocycles. The van der Waals surface area contributed by atoms with E-state index in [2.05, 4.69) is 15.5 Å². The molecule has 0 bridgehead atoms. The summed E-state index contributed by atoms with van der Waals surface area (Å²) >= 11 is 0. The van der Waals surface area contributed by atoms with Crippen LogP contribution in [0.2, 0.25) is 0 Å². The van der Waals surface area contributed by atoms with E-state index < -0.39 is 0 Å². The third kappa shape index (κ3) is 2.54. The predicted octanol–water partition coefficient (Wildman–Crippen LogP) is 0.649. The second-order valence-electron chi connectivity index (χ2n) is 4.62. The van der Waals surface area contributed by atoms with Crippen LogP contribution in [0.1, 0.15) is 0 Å². The minimum Gasteiger partial charge on any atom is -0.423 e. The molecule has 20 heavy (non-hydrogen) atoms. The first-order chi connectivity index (χ1) is 9.74. The SMILES string of the molecule is NC1COCC1C(=O)Nc1cccc(-c2nnco2)c1. The Morgan fingerprint density at radius 2 is 2.30 bits per heavy atom. The molecule has 3 rings (SSSR count). The molecule has 7 nitrogen and oxygen atoms in total. The van der Waals surface area contributed by atoms with E-state index in [1.54, 1.807) is 18.2 Å². The summed E-state index contributed by atoms with van der Waals surface area (Å²) in [5.41, 5.74) is 7.22. The van der Waals surface area contributed by atoms with Crippen LogP contribution in [0.5, 0.6) is 0 Å². The largest absolute Gasteiger partial charge is 0.423 e. The zero-order valence-electron chi connectivity index (χ0n) is 10.7. The van der Waals surface area contributed by atoms with Crippen LogP contribution in [-0.4, -0.2) is 35.4 Å². The minimum absolute atomic E-state index is 0.141. The van der Waals surface area contributed by atoms with Crippen molar-refractivity contribution in [2.45, 2.75) is 6.04 Å². The summed E-state index contributed by atoms with van der Waals surface area (Å²) in [5.74, 6) is -0.0539. The number of hydrogen-bond acceptors (Lipinski definition) is 6. The molecule has 1 amide bonds. The zero-order chi connectivity index (χ0) is 13.9. The van der Waals surface area contributed by atoms with Crippen molar-refractivity contribution in [2.75, 3.05) is 18.5 Å². The van der Waals surface area contributed by atoms with Crippen molar-refractivity contribution in [1.82, 2.24) is 10.2 Å². The fraction of sp³-hybridized carbons (Fsp3) is 0.308. The Balaban J connectivity index is 1.74. The number of amides is 1. The van der Waals surface area contributed by atoms with Crippen LogP contribution in [0, 0.1) is 5.92 Å². The summed E-state index contributed by atoms with van der Waals surface area (Å²) in [6, 6.07) is 6.94. The van der Waals surface area contributed by atoms with Gasteiger partial charge in [-0.3, -0.25) is 4.79 Å². The maximum absolute atomic E-state index is 12.1. The van der Waals surface area contributed by atoms with Crippen molar-refractivity contribution in [2.24, 2.45) is 11.7 Å². The van der Waals surface area contributed by atoms with Gasteiger partial charge in [0.05, 0.1) is 19.1 Å². The average Bonchev–Trinajstić information content (AvgIpc) is 3.09. The lowest BCUT2D eigenvalue weighted by atomic mass is 10.0. The Morgan fingerprint density at radius 3 is 3.00 bits per heavy atom. The molecule has 0 spiro atoms. The second kappa shape index (κ2) is 5.40. The van der Waals surface area contributed by atoms with E-state index in [9.17, 15) is 4.79 Å². The molecule has 2 aromatic rings. The molecule has 2 atom stereocenters. The van der Waals surface area contributed by atoms with Crippen LogP contribution >= 0.6 is 0 Å². The standard InChI is InChI=1S/C13H14N4O3/c14-11-6-19-5-10(11)12(18)16-9-3-1-2-8(4-9)13-17-15-7-20-13/h1-4,7,10-11H,5-6,14H2,(H,16,18). The van der Waals surface area contributed by atoms with Crippen molar-refractivity contribution >= 4 is 11.6 Å². The van der Waals surface area contributed by atoms with Gasteiger partial charge in [0.25, 0.3) is 0 Å². The topological polar surface area (TPSA) is 103 Å². The van der Waals surface area contributed by atoms with Crippen LogP contribution in [0.3, 0.4) is 0 Å². The third-order valence-corrected chi connectivity index (χ3v) is 3.20. The van der Waals surface area contributed by atoms with Crippen molar-refractivity contribution in [3.8, 4) is 11.5 Å². The maximum Gasteiger partial charge on any atom is 0.247 e. The van der Waals surface area contributed by atoms with Gasteiger partial charge in [-0.05, 0) is 18.2 Å². The van der Waals surface area contributed by atoms with E-state index in [-0.39, 0.29) is 17.9 Å². The molecule has 2 unspecified atom stereocenters. The van der Waals surface area contributed by atoms with E-state index in [4.69, 9.17) is 14.9 Å². The van der Waals surface area contributed by atoms with E-state index in [0.29, 0.717) is 24.8 Å². The van der Waals surface area contributed by atoms with Crippen LogP contribution in [0.25, 0.3) is 11.5 Å². The Morgan fingerprint density at radius 1 is 1.40 bits per heavy atom. The molecule has 1 fully saturated rings. The average molecular weight is 274 g/mol. The van der Waals surface area contributed by atoms with E-state index in [1.807, 2.05) is 6.07 Å². The summed E-state index contributed by atoms with van der Waals surface area (Å²) in [7, 11) is 0. The number of anilines is 1. The van der Waals surface area contributed by atoms with Gasteiger partial charge in [-0.15, -0.1) is 10.2 Å². The molecule has 7 heteroatoms. The number of carbonyl (C=O) groups is 1. The van der Waals surface area contributed by atoms with Gasteiger partial charge in [-0.25, -0.2) is 0 Å². The Hall–Kier alpha value is -2.25. The number of ether oxygens (including phenoxy) is 1. The Labute approximate surface area is 115 Å². The van der Waals surface area contributed by atoms with Gasteiger partial charge in [0.2, 0.25) is 18.2 Å². The molecule has 0 aliphatic carbocycles. The molecular weight excluding hydrogens is 260 g/mol. The van der Waals surface area contributed by atoms with Gasteiger partial charge in [-0.1, -0.05) is 6.07 Å². The summed E-state index contributed by atoms with van der Waals surface area (Å²) in [5, 5.41) is 10.3. The van der Waals surface area contributed by atoms with Crippen LogP contribution < -0.4 is 11.1 Å². The summed E-state index contributed by atoms with van der Waals surface area (Å²) in [6.45, 7) is 0.774. The second-order valence-corrected chi connectivity index (χ2v) is 4.62. The number of rotatable bonds is 3. The van der Waals surface area contributed by atoms with Gasteiger partial charge in [-0.2, -0.15) is 0 Å². The molecule has 0 saturated carbocycles. The molecule has 3 N–H and O–H groups in total. The first-order valence-electron chi connectivity index (χ1n) is 6.25. The number of aromatic nitrogens is 2. The van der Waals surface area contributed by atoms with Crippen LogP contribution in [-0.2, 0) is 9.53 Å². The smallest absolute Gasteiger partial charge is 0.247 e. The number of hydrogen-bond donors (Lipinski definition) is 2. The molecule has 104 valence electrons. The lowest BCUT2D eigenvalue weighted by Crippen LogP contribution is -2.37. The monoisotopic (exact) mass is 274 g/mol. The molecule has 1 saturated heterocycles. The number of nitrogens with zero attached hydrogens (tertiary/aromatic N) is 2. The quantitative estimate of drug-likeness (QED) is 0.851. The van der Waals surface area contributed by atoms with Crippen molar-refractivity contribution in [1.29, 1.82) is 0 Å². The van der Waals surface area contributed by atoms with Crippen molar-refractivity contribution in [3.05, 3.63) is 30.7 Å². The molecule has 0 radical (unpaired) electrons. The lowest BCUT2D eigenvalue weighted by molar-refractivity contribution is -0.120. The first-order valence-corrected chi connectivity index (χ1v) is 6.25. The first kappa shape index (κ1) is 12.8. The molecule has 1 aromatic carbocycles. The van der Waals surface area contributed by atoms with E-state index in [0.717, 1.165) is 5.56 Å². The minimum atomic E-state index is -0.318. The van der Waals surface area contributed by atoms with Crippen LogP contribution in [0.15, 0.2) is 35.1 Å². The van der Waals surface area contributed by atoms with Gasteiger partial charge in [0, 0.05) is 17.3 Å². The summed E-state index contributed by atoms with van der Waals surface area (Å²) < 4.78 is 10.3. The Bertz CT molecular complexity index is 599. The third-order valence-electron chi connectivity index (χ3n) is 3.20. The molecule has 1 aliphatic heterocycles. The molecule has 1 aromatic heterocycles. The van der Waals surface area contributed by atoms with Gasteiger partial charge in [0.15, 0.2) is 0 Å². The highest BCUT2D eigenvalue weighted by Crippen LogP contribution is 2.21. The van der Waals surface area contributed by atoms with Gasteiger partial charge >= 0.3 is 0 Å². The predicted molar refractivity (Wildman–Crippen MR) is 70.6 cm³/mol. The highest BCUT2D eigenvalue weighted by Gasteiger charge is 2.31. The number of carbonyl (C=O) groups excluding carboxylic acids is 1. The fourth-order valence-corrected chi connectivity index (χ4v) is 2.10. The fourth-order valence-electron chi connectivity index (χ4n) is 2.10. The Kier molecular flexibility index (Phi) is 3.44. The van der Waals surface area contributed by atoms with Gasteiger partial charge in [0.1, 0.15) is 0 Å². The number of nitrogens with one attached hydrogen (secondary N) is 1. The molecular formula is C13H14N4O3. The maximum atomic E-state index is 12.1. The van der Waals surface area contributed by atoms with E-state index in [1.165, 1.54) is 6.39 Å². The normalized spacial score (nSPS) is 21.9. The highest BCUT2D eigenvalue weighted by molar-refractivity contribution is 5.93.